The van der Waals surface area contributed by atoms with Crippen molar-refractivity contribution < 1.29 is 13.9 Å². The molecule has 0 saturated carbocycles. The summed E-state index contributed by atoms with van der Waals surface area (Å²) in [5.41, 5.74) is 0.886. The van der Waals surface area contributed by atoms with E-state index < -0.39 is 0 Å². The van der Waals surface area contributed by atoms with Gasteiger partial charge in [-0.05, 0) is 18.6 Å². The van der Waals surface area contributed by atoms with Gasteiger partial charge in [-0.2, -0.15) is 0 Å². The third-order valence-corrected chi connectivity index (χ3v) is 3.99. The van der Waals surface area contributed by atoms with Gasteiger partial charge in [0.15, 0.2) is 0 Å². The minimum atomic E-state index is 0.117. The van der Waals surface area contributed by atoms with Crippen LogP contribution in [0.15, 0.2) is 34.7 Å². The molecule has 3 rings (SSSR count). The fraction of sp³-hybridized carbons (Fsp3) is 0.471. The number of carbonyl (C=O) groups excluding carboxylic acids is 1. The molecule has 0 aliphatic carbocycles. The van der Waals surface area contributed by atoms with Gasteiger partial charge in [0.2, 0.25) is 17.7 Å². The van der Waals surface area contributed by atoms with E-state index in [1.165, 1.54) is 0 Å². The van der Waals surface area contributed by atoms with Gasteiger partial charge in [-0.1, -0.05) is 25.1 Å². The molecule has 0 N–H and O–H groups in total. The molecular formula is C17H21N3O3. The number of nitrogens with zero attached hydrogens (tertiary/aromatic N) is 3. The number of hydrogen-bond acceptors (Lipinski definition) is 5. The quantitative estimate of drug-likeness (QED) is 0.847. The van der Waals surface area contributed by atoms with Crippen LogP contribution in [0.3, 0.4) is 0 Å². The Bertz CT molecular complexity index is 642. The average molecular weight is 315 g/mol. The van der Waals surface area contributed by atoms with Gasteiger partial charge in [0.25, 0.3) is 0 Å². The zero-order chi connectivity index (χ0) is 16.1. The molecule has 1 aliphatic heterocycles. The summed E-state index contributed by atoms with van der Waals surface area (Å²) in [6.45, 7) is 4.02. The van der Waals surface area contributed by atoms with Crippen LogP contribution in [-0.2, 0) is 16.0 Å². The van der Waals surface area contributed by atoms with Crippen LogP contribution < -0.4 is 0 Å². The molecule has 2 heterocycles. The smallest absolute Gasteiger partial charge is 0.247 e. The summed E-state index contributed by atoms with van der Waals surface area (Å²) in [4.78, 5) is 14.2. The van der Waals surface area contributed by atoms with Crippen molar-refractivity contribution >= 4 is 5.91 Å². The molecule has 1 amide bonds. The molecule has 0 unspecified atom stereocenters. The van der Waals surface area contributed by atoms with E-state index in [0.717, 1.165) is 12.0 Å². The van der Waals surface area contributed by atoms with Crippen LogP contribution in [0.2, 0.25) is 0 Å². The number of benzene rings is 1. The lowest BCUT2D eigenvalue weighted by molar-refractivity contribution is -0.138. The zero-order valence-corrected chi connectivity index (χ0v) is 13.3. The standard InChI is InChI=1S/C17H21N3O3/c1-2-14-12-20(10-11-22-14)16(21)9-8-15-18-19-17(23-15)13-6-4-3-5-7-13/h3-7,14H,2,8-12H2,1H3/t14-/m0/s1. The highest BCUT2D eigenvalue weighted by Gasteiger charge is 2.23. The van der Waals surface area contributed by atoms with E-state index in [4.69, 9.17) is 9.15 Å². The lowest BCUT2D eigenvalue weighted by Gasteiger charge is -2.32. The van der Waals surface area contributed by atoms with Gasteiger partial charge in [-0.15, -0.1) is 10.2 Å². The third kappa shape index (κ3) is 3.96. The topological polar surface area (TPSA) is 68.5 Å². The number of morpholine rings is 1. The first kappa shape index (κ1) is 15.7. The number of carbonyl (C=O) groups is 1. The summed E-state index contributed by atoms with van der Waals surface area (Å²) < 4.78 is 11.2. The molecule has 1 aromatic heterocycles. The van der Waals surface area contributed by atoms with Crippen molar-refractivity contribution in [2.45, 2.75) is 32.3 Å². The van der Waals surface area contributed by atoms with Gasteiger partial charge in [0, 0.05) is 31.5 Å². The Morgan fingerprint density at radius 2 is 2.13 bits per heavy atom. The molecule has 1 aliphatic rings. The predicted molar refractivity (Wildman–Crippen MR) is 84.7 cm³/mol. The second-order valence-electron chi connectivity index (χ2n) is 5.61. The monoisotopic (exact) mass is 315 g/mol. The first-order valence-electron chi connectivity index (χ1n) is 8.03. The molecule has 6 nitrogen and oxygen atoms in total. The summed E-state index contributed by atoms with van der Waals surface area (Å²) in [5.74, 6) is 1.11. The highest BCUT2D eigenvalue weighted by molar-refractivity contribution is 5.76. The summed E-state index contributed by atoms with van der Waals surface area (Å²) in [7, 11) is 0. The third-order valence-electron chi connectivity index (χ3n) is 3.99. The second kappa shape index (κ2) is 7.37. The van der Waals surface area contributed by atoms with E-state index in [0.29, 0.717) is 44.3 Å². The Balaban J connectivity index is 1.54. The van der Waals surface area contributed by atoms with Crippen LogP contribution in [0.1, 0.15) is 25.7 Å². The molecular weight excluding hydrogens is 294 g/mol. The summed E-state index contributed by atoms with van der Waals surface area (Å²) >= 11 is 0. The van der Waals surface area contributed by atoms with Crippen LogP contribution >= 0.6 is 0 Å². The number of aryl methyl sites for hydroxylation is 1. The van der Waals surface area contributed by atoms with Crippen molar-refractivity contribution in [3.05, 3.63) is 36.2 Å². The van der Waals surface area contributed by atoms with E-state index in [-0.39, 0.29) is 12.0 Å². The molecule has 0 radical (unpaired) electrons. The number of amides is 1. The van der Waals surface area contributed by atoms with Gasteiger partial charge in [0.05, 0.1) is 12.7 Å². The van der Waals surface area contributed by atoms with Gasteiger partial charge in [0.1, 0.15) is 0 Å². The molecule has 1 fully saturated rings. The van der Waals surface area contributed by atoms with E-state index in [1.807, 2.05) is 35.2 Å². The highest BCUT2D eigenvalue weighted by Crippen LogP contribution is 2.18. The van der Waals surface area contributed by atoms with Crippen molar-refractivity contribution in [3.8, 4) is 11.5 Å². The van der Waals surface area contributed by atoms with Crippen LogP contribution in [-0.4, -0.2) is 46.8 Å². The molecule has 0 spiro atoms. The number of rotatable bonds is 5. The minimum absolute atomic E-state index is 0.117. The summed E-state index contributed by atoms with van der Waals surface area (Å²) in [6.07, 6.45) is 1.92. The maximum Gasteiger partial charge on any atom is 0.247 e. The van der Waals surface area contributed by atoms with Crippen molar-refractivity contribution in [3.63, 3.8) is 0 Å². The Morgan fingerprint density at radius 1 is 1.30 bits per heavy atom. The predicted octanol–water partition coefficient (Wildman–Crippen LogP) is 2.31. The van der Waals surface area contributed by atoms with Crippen molar-refractivity contribution in [1.29, 1.82) is 0 Å². The van der Waals surface area contributed by atoms with E-state index in [1.54, 1.807) is 0 Å². The van der Waals surface area contributed by atoms with Crippen LogP contribution in [0.5, 0.6) is 0 Å². The molecule has 1 atom stereocenters. The molecule has 2 aromatic rings. The normalized spacial score (nSPS) is 18.1. The van der Waals surface area contributed by atoms with Crippen LogP contribution in [0.4, 0.5) is 0 Å². The number of ether oxygens (including phenoxy) is 1. The van der Waals surface area contributed by atoms with Crippen molar-refractivity contribution in [1.82, 2.24) is 15.1 Å². The summed E-state index contributed by atoms with van der Waals surface area (Å²) in [5, 5.41) is 8.07. The largest absolute Gasteiger partial charge is 0.421 e. The lowest BCUT2D eigenvalue weighted by atomic mass is 10.2. The minimum Gasteiger partial charge on any atom is -0.421 e. The summed E-state index contributed by atoms with van der Waals surface area (Å²) in [6, 6.07) is 9.62. The molecule has 23 heavy (non-hydrogen) atoms. The van der Waals surface area contributed by atoms with E-state index >= 15 is 0 Å². The fourth-order valence-corrected chi connectivity index (χ4v) is 2.62. The van der Waals surface area contributed by atoms with E-state index in [9.17, 15) is 4.79 Å². The maximum absolute atomic E-state index is 12.3. The molecule has 0 bridgehead atoms. The Labute approximate surface area is 135 Å². The second-order valence-corrected chi connectivity index (χ2v) is 5.61. The Kier molecular flexibility index (Phi) is 5.02. The zero-order valence-electron chi connectivity index (χ0n) is 13.3. The maximum atomic E-state index is 12.3. The van der Waals surface area contributed by atoms with Crippen LogP contribution in [0, 0.1) is 0 Å². The number of hydrogen-bond donors (Lipinski definition) is 0. The average Bonchev–Trinajstić information content (AvgIpc) is 3.09. The SMILES string of the molecule is CC[C@H]1CN(C(=O)CCc2nnc(-c3ccccc3)o2)CCO1. The van der Waals surface area contributed by atoms with Gasteiger partial charge < -0.3 is 14.1 Å². The molecule has 1 saturated heterocycles. The van der Waals surface area contributed by atoms with Crippen molar-refractivity contribution in [2.24, 2.45) is 0 Å². The first-order valence-corrected chi connectivity index (χ1v) is 8.03. The lowest BCUT2D eigenvalue weighted by Crippen LogP contribution is -2.45. The van der Waals surface area contributed by atoms with Crippen LogP contribution in [0.25, 0.3) is 11.5 Å². The Hall–Kier alpha value is -2.21. The fourth-order valence-electron chi connectivity index (χ4n) is 2.62. The van der Waals surface area contributed by atoms with Gasteiger partial charge >= 0.3 is 0 Å². The molecule has 1 aromatic carbocycles. The first-order chi connectivity index (χ1) is 11.3. The van der Waals surface area contributed by atoms with Gasteiger partial charge in [-0.3, -0.25) is 4.79 Å². The highest BCUT2D eigenvalue weighted by atomic mass is 16.5. The molecule has 122 valence electrons. The molecule has 6 heteroatoms. The van der Waals surface area contributed by atoms with Crippen molar-refractivity contribution in [2.75, 3.05) is 19.7 Å². The van der Waals surface area contributed by atoms with Gasteiger partial charge in [-0.25, -0.2) is 0 Å². The number of aromatic nitrogens is 2. The van der Waals surface area contributed by atoms with E-state index in [2.05, 4.69) is 17.1 Å². The Morgan fingerprint density at radius 3 is 2.91 bits per heavy atom.